The van der Waals surface area contributed by atoms with Gasteiger partial charge in [0.25, 0.3) is 0 Å². The van der Waals surface area contributed by atoms with Crippen LogP contribution in [0.15, 0.2) is 18.2 Å². The third-order valence-electron chi connectivity index (χ3n) is 2.13. The molecule has 1 nitrogen and oxygen atoms in total. The van der Waals surface area contributed by atoms with Crippen LogP contribution in [0.4, 0.5) is 0 Å². The number of rotatable bonds is 1. The first-order valence-corrected chi connectivity index (χ1v) is 4.03. The molecule has 0 saturated heterocycles. The summed E-state index contributed by atoms with van der Waals surface area (Å²) in [5.41, 5.74) is 2.77. The van der Waals surface area contributed by atoms with Crippen LogP contribution in [0.2, 0.25) is 0 Å². The summed E-state index contributed by atoms with van der Waals surface area (Å²) in [4.78, 5) is 0. The van der Waals surface area contributed by atoms with Crippen LogP contribution in [-0.4, -0.2) is 0 Å². The second-order valence-corrected chi connectivity index (χ2v) is 3.31. The second-order valence-electron chi connectivity index (χ2n) is 3.31. The van der Waals surface area contributed by atoms with E-state index < -0.39 is 0 Å². The molecule has 0 radical (unpaired) electrons. The highest BCUT2D eigenvalue weighted by Gasteiger charge is 2.14. The van der Waals surface area contributed by atoms with E-state index in [4.69, 9.17) is 4.74 Å². The zero-order chi connectivity index (χ0) is 7.84. The molecule has 0 atom stereocenters. The Balaban J connectivity index is 2.38. The maximum atomic E-state index is 5.21. The number of hydrogen-bond donors (Lipinski definition) is 0. The Hall–Kier alpha value is -0.980. The molecule has 0 fully saturated rings. The fourth-order valence-corrected chi connectivity index (χ4v) is 1.29. The lowest BCUT2D eigenvalue weighted by atomic mass is 9.99. The largest absolute Gasteiger partial charge is 0.488 e. The highest BCUT2D eigenvalue weighted by atomic mass is 16.5. The summed E-state index contributed by atoms with van der Waals surface area (Å²) in [6, 6.07) is 6.44. The van der Waals surface area contributed by atoms with Crippen molar-refractivity contribution in [3.63, 3.8) is 0 Å². The van der Waals surface area contributed by atoms with Gasteiger partial charge in [-0.25, -0.2) is 0 Å². The molecule has 1 aliphatic heterocycles. The predicted octanol–water partition coefficient (Wildman–Crippen LogP) is 2.70. The molecular weight excluding hydrogens is 136 g/mol. The molecule has 0 saturated carbocycles. The zero-order valence-electron chi connectivity index (χ0n) is 6.92. The summed E-state index contributed by atoms with van der Waals surface area (Å²) in [5.74, 6) is 1.69. The van der Waals surface area contributed by atoms with Gasteiger partial charge < -0.3 is 4.74 Å². The molecule has 0 amide bonds. The van der Waals surface area contributed by atoms with Crippen molar-refractivity contribution in [2.75, 3.05) is 0 Å². The van der Waals surface area contributed by atoms with Gasteiger partial charge in [-0.2, -0.15) is 0 Å². The average Bonchev–Trinajstić information content (AvgIpc) is 1.91. The maximum absolute atomic E-state index is 5.21. The number of hydrogen-bond acceptors (Lipinski definition) is 1. The lowest BCUT2D eigenvalue weighted by Crippen LogP contribution is -2.09. The summed E-state index contributed by atoms with van der Waals surface area (Å²) in [5, 5.41) is 0. The van der Waals surface area contributed by atoms with Crippen molar-refractivity contribution in [1.29, 1.82) is 0 Å². The van der Waals surface area contributed by atoms with Gasteiger partial charge in [0.2, 0.25) is 0 Å². The Labute approximate surface area is 67.0 Å². The van der Waals surface area contributed by atoms with Crippen molar-refractivity contribution < 1.29 is 4.74 Å². The quantitative estimate of drug-likeness (QED) is 0.595. The van der Waals surface area contributed by atoms with Crippen LogP contribution in [-0.2, 0) is 6.61 Å². The minimum atomic E-state index is 0.626. The van der Waals surface area contributed by atoms with Crippen molar-refractivity contribution in [2.24, 2.45) is 0 Å². The highest BCUT2D eigenvalue weighted by molar-refractivity contribution is 5.42. The molecular formula is C10H12O. The smallest absolute Gasteiger partial charge is 0.126 e. The summed E-state index contributed by atoms with van der Waals surface area (Å²) < 4.78 is 5.21. The predicted molar refractivity (Wildman–Crippen MR) is 44.9 cm³/mol. The summed E-state index contributed by atoms with van der Waals surface area (Å²) >= 11 is 0. The zero-order valence-corrected chi connectivity index (χ0v) is 6.92. The standard InChI is InChI=1S/C10H12O/c1-7(2)8-3-4-10-9(5-8)6-11-10/h3-5,7H,6H2,1-2H3. The van der Waals surface area contributed by atoms with Crippen molar-refractivity contribution in [3.8, 4) is 5.75 Å². The van der Waals surface area contributed by atoms with Gasteiger partial charge in [0, 0.05) is 5.56 Å². The van der Waals surface area contributed by atoms with Gasteiger partial charge in [-0.3, -0.25) is 0 Å². The molecule has 1 aliphatic rings. The number of ether oxygens (including phenoxy) is 1. The third kappa shape index (κ3) is 1.01. The molecule has 0 aliphatic carbocycles. The fraction of sp³-hybridized carbons (Fsp3) is 0.400. The molecule has 0 aromatic heterocycles. The molecule has 2 rings (SSSR count). The van der Waals surface area contributed by atoms with E-state index in [0.29, 0.717) is 5.92 Å². The van der Waals surface area contributed by atoms with Crippen LogP contribution < -0.4 is 4.74 Å². The molecule has 0 bridgehead atoms. The lowest BCUT2D eigenvalue weighted by molar-refractivity contribution is 0.243. The Morgan fingerprint density at radius 3 is 2.64 bits per heavy atom. The van der Waals surface area contributed by atoms with Crippen LogP contribution in [0.3, 0.4) is 0 Å². The molecule has 1 heteroatoms. The van der Waals surface area contributed by atoms with Gasteiger partial charge >= 0.3 is 0 Å². The minimum absolute atomic E-state index is 0.626. The van der Waals surface area contributed by atoms with E-state index in [1.54, 1.807) is 0 Å². The van der Waals surface area contributed by atoms with Gasteiger partial charge in [0.05, 0.1) is 0 Å². The van der Waals surface area contributed by atoms with Crippen LogP contribution in [0, 0.1) is 0 Å². The van der Waals surface area contributed by atoms with E-state index in [1.165, 1.54) is 11.1 Å². The lowest BCUT2D eigenvalue weighted by Gasteiger charge is -2.21. The fourth-order valence-electron chi connectivity index (χ4n) is 1.29. The first kappa shape index (κ1) is 6.71. The van der Waals surface area contributed by atoms with E-state index in [1.807, 2.05) is 0 Å². The van der Waals surface area contributed by atoms with Gasteiger partial charge in [0.1, 0.15) is 12.4 Å². The molecule has 58 valence electrons. The van der Waals surface area contributed by atoms with Gasteiger partial charge in [-0.15, -0.1) is 0 Å². The van der Waals surface area contributed by atoms with Crippen molar-refractivity contribution in [1.82, 2.24) is 0 Å². The SMILES string of the molecule is CC(C)c1ccc2c(c1)CO2. The highest BCUT2D eigenvalue weighted by Crippen LogP contribution is 2.31. The molecule has 0 unspecified atom stereocenters. The molecule has 0 N–H and O–H groups in total. The van der Waals surface area contributed by atoms with Crippen LogP contribution in [0.1, 0.15) is 30.9 Å². The third-order valence-corrected chi connectivity index (χ3v) is 2.13. The Kier molecular flexibility index (Phi) is 1.38. The van der Waals surface area contributed by atoms with Crippen LogP contribution in [0.5, 0.6) is 5.75 Å². The van der Waals surface area contributed by atoms with Gasteiger partial charge in [-0.05, 0) is 23.6 Å². The van der Waals surface area contributed by atoms with E-state index in [9.17, 15) is 0 Å². The summed E-state index contributed by atoms with van der Waals surface area (Å²) in [6.45, 7) is 5.22. The first-order chi connectivity index (χ1) is 5.27. The van der Waals surface area contributed by atoms with E-state index >= 15 is 0 Å². The second kappa shape index (κ2) is 2.26. The van der Waals surface area contributed by atoms with Gasteiger partial charge in [-0.1, -0.05) is 19.9 Å². The molecule has 1 heterocycles. The summed E-state index contributed by atoms with van der Waals surface area (Å²) in [6.07, 6.45) is 0. The normalized spacial score (nSPS) is 13.7. The Morgan fingerprint density at radius 1 is 1.36 bits per heavy atom. The van der Waals surface area contributed by atoms with Crippen LogP contribution >= 0.6 is 0 Å². The summed E-state index contributed by atoms with van der Waals surface area (Å²) in [7, 11) is 0. The minimum Gasteiger partial charge on any atom is -0.488 e. The van der Waals surface area contributed by atoms with E-state index in [-0.39, 0.29) is 0 Å². The molecule has 1 aromatic carbocycles. The van der Waals surface area contributed by atoms with Crippen molar-refractivity contribution >= 4 is 0 Å². The van der Waals surface area contributed by atoms with Crippen LogP contribution in [0.25, 0.3) is 0 Å². The maximum Gasteiger partial charge on any atom is 0.126 e. The molecule has 0 spiro atoms. The Morgan fingerprint density at radius 2 is 2.18 bits per heavy atom. The van der Waals surface area contributed by atoms with Crippen molar-refractivity contribution in [3.05, 3.63) is 29.3 Å². The van der Waals surface area contributed by atoms with Crippen molar-refractivity contribution in [2.45, 2.75) is 26.4 Å². The topological polar surface area (TPSA) is 9.23 Å². The molecule has 11 heavy (non-hydrogen) atoms. The van der Waals surface area contributed by atoms with Gasteiger partial charge in [0.15, 0.2) is 0 Å². The molecule has 1 aromatic rings. The van der Waals surface area contributed by atoms with E-state index in [0.717, 1.165) is 12.4 Å². The van der Waals surface area contributed by atoms with E-state index in [2.05, 4.69) is 32.0 Å². The Bertz CT molecular complexity index is 276. The number of benzene rings is 1. The number of fused-ring (bicyclic) bond motifs is 1. The first-order valence-electron chi connectivity index (χ1n) is 4.03. The average molecular weight is 148 g/mol. The monoisotopic (exact) mass is 148 g/mol.